The first-order valence-electron chi connectivity index (χ1n) is 7.22. The quantitative estimate of drug-likeness (QED) is 0.856. The maximum absolute atomic E-state index is 6.33. The van der Waals surface area contributed by atoms with Crippen molar-refractivity contribution in [2.75, 3.05) is 6.54 Å². The highest BCUT2D eigenvalue weighted by Crippen LogP contribution is 2.28. The molecule has 2 rings (SSSR count). The Hall–Kier alpha value is -0.130. The van der Waals surface area contributed by atoms with E-state index in [1.165, 1.54) is 19.3 Å². The molecule has 3 nitrogen and oxygen atoms in total. The predicted molar refractivity (Wildman–Crippen MR) is 88.7 cm³/mol. The standard InChI is InChI=1S/C15H23BrClN3/c1-10-4-3-5-11(2)20(10)19-15(9-18)13-8-12(16)6-7-14(13)17/h6-8,10-11,15,19H,3-5,9,18H2,1-2H3. The molecular weight excluding hydrogens is 338 g/mol. The van der Waals surface area contributed by atoms with Gasteiger partial charge in [-0.25, -0.2) is 10.4 Å². The first-order chi connectivity index (χ1) is 9.52. The van der Waals surface area contributed by atoms with Gasteiger partial charge in [-0.2, -0.15) is 0 Å². The summed E-state index contributed by atoms with van der Waals surface area (Å²) in [4.78, 5) is 0. The van der Waals surface area contributed by atoms with E-state index in [9.17, 15) is 0 Å². The monoisotopic (exact) mass is 359 g/mol. The SMILES string of the molecule is CC1CCCC(C)N1NC(CN)c1cc(Br)ccc1Cl. The zero-order chi connectivity index (χ0) is 14.7. The van der Waals surface area contributed by atoms with Crippen LogP contribution in [0.4, 0.5) is 0 Å². The molecule has 0 radical (unpaired) electrons. The van der Waals surface area contributed by atoms with Crippen LogP contribution < -0.4 is 11.2 Å². The molecule has 0 bridgehead atoms. The third-order valence-corrected chi connectivity index (χ3v) is 4.91. The average Bonchev–Trinajstić information content (AvgIpc) is 2.42. The largest absolute Gasteiger partial charge is 0.329 e. The van der Waals surface area contributed by atoms with Crippen LogP contribution in [0.25, 0.3) is 0 Å². The Balaban J connectivity index is 2.17. The molecule has 0 saturated carbocycles. The molecule has 1 fully saturated rings. The molecule has 112 valence electrons. The van der Waals surface area contributed by atoms with Gasteiger partial charge in [0.1, 0.15) is 0 Å². The summed E-state index contributed by atoms with van der Waals surface area (Å²) in [6, 6.07) is 7.01. The molecule has 0 spiro atoms. The number of hydrogen-bond donors (Lipinski definition) is 2. The van der Waals surface area contributed by atoms with Crippen LogP contribution in [-0.4, -0.2) is 23.6 Å². The van der Waals surface area contributed by atoms with E-state index in [2.05, 4.69) is 40.2 Å². The van der Waals surface area contributed by atoms with Crippen LogP contribution in [0, 0.1) is 0 Å². The van der Waals surface area contributed by atoms with Crippen molar-refractivity contribution in [3.8, 4) is 0 Å². The molecule has 0 amide bonds. The first kappa shape index (κ1) is 16.2. The van der Waals surface area contributed by atoms with E-state index < -0.39 is 0 Å². The highest BCUT2D eigenvalue weighted by molar-refractivity contribution is 9.10. The van der Waals surface area contributed by atoms with Crippen LogP contribution in [0.1, 0.15) is 44.7 Å². The number of rotatable bonds is 4. The molecule has 1 aromatic rings. The van der Waals surface area contributed by atoms with Crippen LogP contribution in [0.2, 0.25) is 5.02 Å². The van der Waals surface area contributed by atoms with Gasteiger partial charge in [0.05, 0.1) is 6.04 Å². The van der Waals surface area contributed by atoms with Crippen LogP contribution in [0.5, 0.6) is 0 Å². The summed E-state index contributed by atoms with van der Waals surface area (Å²) in [6.07, 6.45) is 3.74. The molecule has 3 atom stereocenters. The van der Waals surface area contributed by atoms with Gasteiger partial charge in [0.15, 0.2) is 0 Å². The third kappa shape index (κ3) is 3.74. The van der Waals surface area contributed by atoms with Crippen molar-refractivity contribution < 1.29 is 0 Å². The number of halogens is 2. The highest BCUT2D eigenvalue weighted by Gasteiger charge is 2.27. The van der Waals surface area contributed by atoms with E-state index in [-0.39, 0.29) is 6.04 Å². The van der Waals surface area contributed by atoms with Gasteiger partial charge in [0, 0.05) is 28.1 Å². The maximum atomic E-state index is 6.33. The van der Waals surface area contributed by atoms with Crippen molar-refractivity contribution >= 4 is 27.5 Å². The zero-order valence-electron chi connectivity index (χ0n) is 12.1. The Morgan fingerprint density at radius 1 is 1.40 bits per heavy atom. The van der Waals surface area contributed by atoms with E-state index in [0.717, 1.165) is 15.1 Å². The van der Waals surface area contributed by atoms with Gasteiger partial charge in [-0.1, -0.05) is 34.0 Å². The van der Waals surface area contributed by atoms with Gasteiger partial charge in [-0.05, 0) is 50.5 Å². The van der Waals surface area contributed by atoms with Crippen molar-refractivity contribution in [2.24, 2.45) is 5.73 Å². The summed E-state index contributed by atoms with van der Waals surface area (Å²) in [5.41, 5.74) is 10.6. The lowest BCUT2D eigenvalue weighted by atomic mass is 9.99. The minimum Gasteiger partial charge on any atom is -0.329 e. The lowest BCUT2D eigenvalue weighted by molar-refractivity contribution is 0.0304. The van der Waals surface area contributed by atoms with E-state index >= 15 is 0 Å². The molecule has 5 heteroatoms. The summed E-state index contributed by atoms with van der Waals surface area (Å²) in [6.45, 7) is 5.05. The number of nitrogens with two attached hydrogens (primary N) is 1. The van der Waals surface area contributed by atoms with Crippen molar-refractivity contribution in [3.05, 3.63) is 33.3 Å². The van der Waals surface area contributed by atoms with Gasteiger partial charge in [-0.15, -0.1) is 0 Å². The number of nitrogens with one attached hydrogen (secondary N) is 1. The summed E-state index contributed by atoms with van der Waals surface area (Å²) >= 11 is 9.83. The molecule has 3 N–H and O–H groups in total. The van der Waals surface area contributed by atoms with Gasteiger partial charge in [0.25, 0.3) is 0 Å². The smallest absolute Gasteiger partial charge is 0.0602 e. The minimum atomic E-state index is 0.0444. The van der Waals surface area contributed by atoms with Crippen LogP contribution in [-0.2, 0) is 0 Å². The Kier molecular flexibility index (Phi) is 5.87. The zero-order valence-corrected chi connectivity index (χ0v) is 14.4. The first-order valence-corrected chi connectivity index (χ1v) is 8.39. The molecule has 1 aromatic carbocycles. The summed E-state index contributed by atoms with van der Waals surface area (Å²) in [5.74, 6) is 0. The second-order valence-electron chi connectivity index (χ2n) is 5.62. The molecule has 3 unspecified atom stereocenters. The fourth-order valence-corrected chi connectivity index (χ4v) is 3.51. The number of hydrogen-bond acceptors (Lipinski definition) is 3. The number of benzene rings is 1. The molecule has 1 heterocycles. The van der Waals surface area contributed by atoms with E-state index in [1.54, 1.807) is 0 Å². The Labute approximate surface area is 135 Å². The number of hydrazine groups is 1. The van der Waals surface area contributed by atoms with Gasteiger partial charge >= 0.3 is 0 Å². The predicted octanol–water partition coefficient (Wildman–Crippen LogP) is 3.87. The molecule has 1 aliphatic rings. The second kappa shape index (κ2) is 7.23. The van der Waals surface area contributed by atoms with E-state index in [4.69, 9.17) is 17.3 Å². The normalized spacial score (nSPS) is 25.6. The van der Waals surface area contributed by atoms with Crippen molar-refractivity contribution in [2.45, 2.75) is 51.2 Å². The summed E-state index contributed by atoms with van der Waals surface area (Å²) in [7, 11) is 0. The summed E-state index contributed by atoms with van der Waals surface area (Å²) in [5, 5.41) is 3.10. The number of piperidine rings is 1. The topological polar surface area (TPSA) is 41.3 Å². The molecule has 0 aromatic heterocycles. The lowest BCUT2D eigenvalue weighted by Gasteiger charge is -2.41. The van der Waals surface area contributed by atoms with Crippen LogP contribution >= 0.6 is 27.5 Å². The molecule has 0 aliphatic carbocycles. The molecule has 1 saturated heterocycles. The highest BCUT2D eigenvalue weighted by atomic mass is 79.9. The minimum absolute atomic E-state index is 0.0444. The Morgan fingerprint density at radius 2 is 2.05 bits per heavy atom. The van der Waals surface area contributed by atoms with Crippen molar-refractivity contribution in [1.82, 2.24) is 10.4 Å². The number of nitrogens with zero attached hydrogens (tertiary/aromatic N) is 1. The van der Waals surface area contributed by atoms with Crippen LogP contribution in [0.3, 0.4) is 0 Å². The lowest BCUT2D eigenvalue weighted by Crippen LogP contribution is -2.54. The fraction of sp³-hybridized carbons (Fsp3) is 0.600. The average molecular weight is 361 g/mol. The Morgan fingerprint density at radius 3 is 2.65 bits per heavy atom. The van der Waals surface area contributed by atoms with Crippen LogP contribution in [0.15, 0.2) is 22.7 Å². The van der Waals surface area contributed by atoms with Crippen molar-refractivity contribution in [1.29, 1.82) is 0 Å². The van der Waals surface area contributed by atoms with E-state index in [0.29, 0.717) is 18.6 Å². The van der Waals surface area contributed by atoms with Gasteiger partial charge in [0.2, 0.25) is 0 Å². The van der Waals surface area contributed by atoms with Gasteiger partial charge in [-0.3, -0.25) is 0 Å². The second-order valence-corrected chi connectivity index (χ2v) is 6.94. The van der Waals surface area contributed by atoms with Crippen molar-refractivity contribution in [3.63, 3.8) is 0 Å². The Bertz CT molecular complexity index is 445. The summed E-state index contributed by atoms with van der Waals surface area (Å²) < 4.78 is 1.02. The van der Waals surface area contributed by atoms with E-state index in [1.807, 2.05) is 18.2 Å². The molecule has 20 heavy (non-hydrogen) atoms. The molecule has 1 aliphatic heterocycles. The molecular formula is C15H23BrClN3. The fourth-order valence-electron chi connectivity index (χ4n) is 2.89. The van der Waals surface area contributed by atoms with Gasteiger partial charge < -0.3 is 5.73 Å². The third-order valence-electron chi connectivity index (χ3n) is 4.07. The maximum Gasteiger partial charge on any atom is 0.0602 e.